The van der Waals surface area contributed by atoms with Crippen LogP contribution in [0.15, 0.2) is 24.4 Å². The van der Waals surface area contributed by atoms with Crippen LogP contribution in [0.3, 0.4) is 0 Å². The number of carboxylic acids is 1. The minimum absolute atomic E-state index is 0.0318. The summed E-state index contributed by atoms with van der Waals surface area (Å²) < 4.78 is 23.2. The molecule has 0 spiro atoms. The molecular weight excluding hydrogens is 254 g/mol. The van der Waals surface area contributed by atoms with E-state index in [0.717, 1.165) is 5.39 Å². The Balaban J connectivity index is 2.47. The van der Waals surface area contributed by atoms with Gasteiger partial charge >= 0.3 is 5.97 Å². The normalized spacial score (nSPS) is 11.8. The Kier molecular flexibility index (Phi) is 3.13. The largest absolute Gasteiger partial charge is 0.478 e. The van der Waals surface area contributed by atoms with E-state index >= 15 is 0 Å². The summed E-state index contributed by atoms with van der Waals surface area (Å²) in [5.41, 5.74) is 1.48. The van der Waals surface area contributed by atoms with Crippen LogP contribution in [0.5, 0.6) is 0 Å². The van der Waals surface area contributed by atoms with Crippen LogP contribution in [0.2, 0.25) is 0 Å². The smallest absolute Gasteiger partial charge is 0.335 e. The molecule has 2 rings (SSSR count). The van der Waals surface area contributed by atoms with Crippen LogP contribution in [-0.4, -0.2) is 30.2 Å². The maximum absolute atomic E-state index is 11.6. The minimum Gasteiger partial charge on any atom is -0.478 e. The zero-order valence-corrected chi connectivity index (χ0v) is 10.6. The van der Waals surface area contributed by atoms with Crippen molar-refractivity contribution in [2.24, 2.45) is 0 Å². The maximum atomic E-state index is 11.6. The van der Waals surface area contributed by atoms with Gasteiger partial charge < -0.3 is 10.1 Å². The quantitative estimate of drug-likeness (QED) is 0.884. The highest BCUT2D eigenvalue weighted by Gasteiger charge is 2.13. The molecular formula is C12H13NO4S. The Morgan fingerprint density at radius 3 is 2.72 bits per heavy atom. The van der Waals surface area contributed by atoms with Crippen LogP contribution >= 0.6 is 0 Å². The Labute approximate surface area is 104 Å². The Morgan fingerprint density at radius 2 is 2.11 bits per heavy atom. The third-order valence-electron chi connectivity index (χ3n) is 2.83. The van der Waals surface area contributed by atoms with Crippen molar-refractivity contribution in [3.8, 4) is 0 Å². The van der Waals surface area contributed by atoms with Gasteiger partial charge in [0, 0.05) is 22.9 Å². The summed E-state index contributed by atoms with van der Waals surface area (Å²) in [4.78, 5) is 13.7. The lowest BCUT2D eigenvalue weighted by molar-refractivity contribution is 0.0697. The third-order valence-corrected chi connectivity index (χ3v) is 4.46. The fraction of sp³-hybridized carbons (Fsp3) is 0.250. The number of aromatic carboxylic acids is 1. The molecule has 6 heteroatoms. The number of hydrogen-bond donors (Lipinski definition) is 2. The third kappa shape index (κ3) is 2.38. The average Bonchev–Trinajstić information content (AvgIpc) is 2.71. The molecule has 1 heterocycles. The molecule has 0 fully saturated rings. The Bertz CT molecular complexity index is 700. The molecule has 1 aromatic carbocycles. The first kappa shape index (κ1) is 12.6. The van der Waals surface area contributed by atoms with E-state index in [1.807, 2.05) is 0 Å². The van der Waals surface area contributed by atoms with Gasteiger partial charge in [-0.05, 0) is 17.7 Å². The SMILES string of the molecule is CCS(=O)(=O)Cc1c[nH]c2cc(C(=O)O)ccc12. The topological polar surface area (TPSA) is 87.2 Å². The number of fused-ring (bicyclic) bond motifs is 1. The molecule has 0 saturated heterocycles. The van der Waals surface area contributed by atoms with Gasteiger partial charge in [-0.25, -0.2) is 13.2 Å². The van der Waals surface area contributed by atoms with Gasteiger partial charge in [-0.2, -0.15) is 0 Å². The Morgan fingerprint density at radius 1 is 1.39 bits per heavy atom. The molecule has 0 amide bonds. The number of aromatic amines is 1. The second-order valence-corrected chi connectivity index (χ2v) is 6.41. The van der Waals surface area contributed by atoms with Crippen molar-refractivity contribution < 1.29 is 18.3 Å². The minimum atomic E-state index is -3.10. The fourth-order valence-electron chi connectivity index (χ4n) is 1.78. The molecule has 0 aliphatic rings. The summed E-state index contributed by atoms with van der Waals surface area (Å²) in [6.45, 7) is 1.60. The molecule has 2 N–H and O–H groups in total. The van der Waals surface area contributed by atoms with E-state index in [0.29, 0.717) is 11.1 Å². The van der Waals surface area contributed by atoms with Crippen molar-refractivity contribution >= 4 is 26.7 Å². The van der Waals surface area contributed by atoms with Crippen molar-refractivity contribution in [3.63, 3.8) is 0 Å². The van der Waals surface area contributed by atoms with Crippen LogP contribution < -0.4 is 0 Å². The van der Waals surface area contributed by atoms with Crippen molar-refractivity contribution in [2.75, 3.05) is 5.75 Å². The van der Waals surface area contributed by atoms with E-state index in [9.17, 15) is 13.2 Å². The van der Waals surface area contributed by atoms with Gasteiger partial charge in [0.05, 0.1) is 11.3 Å². The van der Waals surface area contributed by atoms with Crippen LogP contribution in [0.25, 0.3) is 10.9 Å². The number of aromatic nitrogens is 1. The first-order chi connectivity index (χ1) is 8.43. The van der Waals surface area contributed by atoms with Gasteiger partial charge in [0.15, 0.2) is 9.84 Å². The van der Waals surface area contributed by atoms with E-state index in [1.165, 1.54) is 12.1 Å². The molecule has 18 heavy (non-hydrogen) atoms. The summed E-state index contributed by atoms with van der Waals surface area (Å²) in [5.74, 6) is -0.947. The predicted octanol–water partition coefficient (Wildman–Crippen LogP) is 1.80. The van der Waals surface area contributed by atoms with E-state index in [2.05, 4.69) is 4.98 Å². The highest BCUT2D eigenvalue weighted by Crippen LogP contribution is 2.21. The number of nitrogens with one attached hydrogen (secondary N) is 1. The first-order valence-electron chi connectivity index (χ1n) is 5.46. The van der Waals surface area contributed by atoms with Gasteiger partial charge in [0.25, 0.3) is 0 Å². The maximum Gasteiger partial charge on any atom is 0.335 e. The summed E-state index contributed by atoms with van der Waals surface area (Å²) in [7, 11) is -3.10. The molecule has 0 bridgehead atoms. The van der Waals surface area contributed by atoms with Gasteiger partial charge in [0.2, 0.25) is 0 Å². The molecule has 0 unspecified atom stereocenters. The molecule has 0 atom stereocenters. The lowest BCUT2D eigenvalue weighted by Crippen LogP contribution is -2.06. The molecule has 2 aromatic rings. The number of H-pyrrole nitrogens is 1. The highest BCUT2D eigenvalue weighted by atomic mass is 32.2. The second kappa shape index (κ2) is 4.45. The second-order valence-electron chi connectivity index (χ2n) is 4.06. The Hall–Kier alpha value is -1.82. The molecule has 96 valence electrons. The summed E-state index contributed by atoms with van der Waals surface area (Å²) in [6, 6.07) is 4.61. The zero-order chi connectivity index (χ0) is 13.3. The fourth-order valence-corrected chi connectivity index (χ4v) is 2.69. The predicted molar refractivity (Wildman–Crippen MR) is 68.4 cm³/mol. The van der Waals surface area contributed by atoms with Gasteiger partial charge in [-0.15, -0.1) is 0 Å². The number of benzene rings is 1. The summed E-state index contributed by atoms with van der Waals surface area (Å²) in [6.07, 6.45) is 1.61. The van der Waals surface area contributed by atoms with E-state index in [1.54, 1.807) is 19.2 Å². The van der Waals surface area contributed by atoms with E-state index in [-0.39, 0.29) is 17.1 Å². The van der Waals surface area contributed by atoms with Crippen LogP contribution in [0.4, 0.5) is 0 Å². The standard InChI is InChI=1S/C12H13NO4S/c1-2-18(16,17)7-9-6-13-11-5-8(12(14)15)3-4-10(9)11/h3-6,13H,2,7H2,1H3,(H,14,15). The molecule has 0 saturated carbocycles. The summed E-state index contributed by atoms with van der Waals surface area (Å²) >= 11 is 0. The number of rotatable bonds is 4. The number of sulfone groups is 1. The molecule has 5 nitrogen and oxygen atoms in total. The lowest BCUT2D eigenvalue weighted by atomic mass is 10.1. The van der Waals surface area contributed by atoms with Crippen LogP contribution in [0.1, 0.15) is 22.8 Å². The lowest BCUT2D eigenvalue weighted by Gasteiger charge is -2.00. The molecule has 0 aliphatic heterocycles. The van der Waals surface area contributed by atoms with Gasteiger partial charge in [-0.1, -0.05) is 13.0 Å². The summed E-state index contributed by atoms with van der Waals surface area (Å²) in [5, 5.41) is 9.61. The van der Waals surface area contributed by atoms with E-state index < -0.39 is 15.8 Å². The van der Waals surface area contributed by atoms with Gasteiger partial charge in [0.1, 0.15) is 0 Å². The first-order valence-corrected chi connectivity index (χ1v) is 7.29. The zero-order valence-electron chi connectivity index (χ0n) is 9.80. The van der Waals surface area contributed by atoms with E-state index in [4.69, 9.17) is 5.11 Å². The van der Waals surface area contributed by atoms with Crippen LogP contribution in [-0.2, 0) is 15.6 Å². The van der Waals surface area contributed by atoms with Crippen molar-refractivity contribution in [2.45, 2.75) is 12.7 Å². The van der Waals surface area contributed by atoms with Crippen molar-refractivity contribution in [3.05, 3.63) is 35.5 Å². The number of carboxylic acid groups (broad SMARTS) is 1. The van der Waals surface area contributed by atoms with Crippen LogP contribution in [0, 0.1) is 0 Å². The number of carbonyl (C=O) groups is 1. The highest BCUT2D eigenvalue weighted by molar-refractivity contribution is 7.90. The molecule has 0 aliphatic carbocycles. The van der Waals surface area contributed by atoms with Gasteiger partial charge in [-0.3, -0.25) is 0 Å². The number of hydrogen-bond acceptors (Lipinski definition) is 3. The van der Waals surface area contributed by atoms with Crippen molar-refractivity contribution in [1.29, 1.82) is 0 Å². The average molecular weight is 267 g/mol. The van der Waals surface area contributed by atoms with Crippen molar-refractivity contribution in [1.82, 2.24) is 4.98 Å². The molecule has 0 radical (unpaired) electrons. The molecule has 1 aromatic heterocycles. The monoisotopic (exact) mass is 267 g/mol.